The van der Waals surface area contributed by atoms with E-state index >= 15 is 0 Å². The molecule has 1 fully saturated rings. The summed E-state index contributed by atoms with van der Waals surface area (Å²) < 4.78 is 18.0. The molecule has 0 atom stereocenters. The molecule has 4 rings (SSSR count). The first-order chi connectivity index (χ1) is 18.8. The number of hydrogen-bond acceptors (Lipinski definition) is 9. The second-order valence-corrected chi connectivity index (χ2v) is 10.3. The van der Waals surface area contributed by atoms with Crippen LogP contribution >= 0.6 is 24.0 Å². The van der Waals surface area contributed by atoms with Crippen molar-refractivity contribution in [1.29, 1.82) is 5.26 Å². The van der Waals surface area contributed by atoms with Crippen molar-refractivity contribution in [3.8, 4) is 17.6 Å². The van der Waals surface area contributed by atoms with E-state index in [2.05, 4.69) is 5.32 Å². The third-order valence-electron chi connectivity index (χ3n) is 6.39. The van der Waals surface area contributed by atoms with E-state index in [1.54, 1.807) is 45.6 Å². The molecule has 1 aromatic carbocycles. The first-order valence-electron chi connectivity index (χ1n) is 12.2. The smallest absolute Gasteiger partial charge is 0.270 e. The Kier molecular flexibility index (Phi) is 8.79. The van der Waals surface area contributed by atoms with Crippen molar-refractivity contribution in [3.05, 3.63) is 79.9 Å². The average molecular weight is 565 g/mol. The largest absolute Gasteiger partial charge is 0.493 e. The van der Waals surface area contributed by atoms with E-state index in [0.29, 0.717) is 62.9 Å². The van der Waals surface area contributed by atoms with E-state index in [0.717, 1.165) is 5.56 Å². The zero-order chi connectivity index (χ0) is 28.1. The Morgan fingerprint density at radius 2 is 1.97 bits per heavy atom. The fourth-order valence-electron chi connectivity index (χ4n) is 4.34. The predicted molar refractivity (Wildman–Crippen MR) is 155 cm³/mol. The molecule has 1 aliphatic heterocycles. The number of thioether (sulfide) groups is 1. The topological polar surface area (TPSA) is 110 Å². The average Bonchev–Trinajstić information content (AvgIpc) is 3.54. The number of carbonyl (C=O) groups excluding carboxylic acids is 1. The molecule has 0 saturated carbocycles. The highest BCUT2D eigenvalue weighted by atomic mass is 32.2. The van der Waals surface area contributed by atoms with Gasteiger partial charge in [-0.15, -0.1) is 0 Å². The molecule has 0 radical (unpaired) electrons. The fourth-order valence-corrected chi connectivity index (χ4v) is 5.58. The van der Waals surface area contributed by atoms with Crippen molar-refractivity contribution in [3.63, 3.8) is 0 Å². The first kappa shape index (κ1) is 28.0. The number of pyridine rings is 1. The second-order valence-electron chi connectivity index (χ2n) is 8.64. The molecule has 1 N–H and O–H groups in total. The van der Waals surface area contributed by atoms with Gasteiger partial charge in [0, 0.05) is 18.7 Å². The summed E-state index contributed by atoms with van der Waals surface area (Å²) in [5, 5.41) is 13.1. The minimum Gasteiger partial charge on any atom is -0.493 e. The third kappa shape index (κ3) is 5.72. The lowest BCUT2D eigenvalue weighted by molar-refractivity contribution is -0.122. The molecule has 3 aromatic rings. The van der Waals surface area contributed by atoms with Gasteiger partial charge in [-0.3, -0.25) is 19.1 Å². The van der Waals surface area contributed by atoms with Gasteiger partial charge in [0.25, 0.3) is 11.5 Å². The number of ether oxygens (including phenoxy) is 2. The van der Waals surface area contributed by atoms with Gasteiger partial charge in [0.2, 0.25) is 0 Å². The number of aromatic nitrogens is 1. The predicted octanol–water partition coefficient (Wildman–Crippen LogP) is 4.71. The van der Waals surface area contributed by atoms with Gasteiger partial charge in [-0.05, 0) is 61.7 Å². The number of carbonyl (C=O) groups is 1. The molecule has 2 aromatic heterocycles. The molecule has 202 valence electrons. The zero-order valence-electron chi connectivity index (χ0n) is 22.1. The number of nitrogens with zero attached hydrogens (tertiary/aromatic N) is 3. The minimum absolute atomic E-state index is 0.0413. The molecule has 0 unspecified atom stereocenters. The molecule has 11 heteroatoms. The third-order valence-corrected chi connectivity index (χ3v) is 7.77. The van der Waals surface area contributed by atoms with Crippen LogP contribution in [0, 0.1) is 18.3 Å². The Balaban J connectivity index is 1.68. The highest BCUT2D eigenvalue weighted by Crippen LogP contribution is 2.36. The Labute approximate surface area is 236 Å². The second kappa shape index (κ2) is 12.2. The van der Waals surface area contributed by atoms with E-state index in [1.165, 1.54) is 21.2 Å². The molecule has 1 amide bonds. The van der Waals surface area contributed by atoms with Crippen LogP contribution in [0.2, 0.25) is 0 Å². The van der Waals surface area contributed by atoms with Crippen molar-refractivity contribution in [2.75, 3.05) is 26.1 Å². The summed E-state index contributed by atoms with van der Waals surface area (Å²) in [6.07, 6.45) is 3.88. The molecule has 9 nitrogen and oxygen atoms in total. The summed E-state index contributed by atoms with van der Waals surface area (Å²) in [6.45, 7) is 4.61. The summed E-state index contributed by atoms with van der Waals surface area (Å²) in [4.78, 5) is 28.3. The monoisotopic (exact) mass is 564 g/mol. The number of nitrogens with one attached hydrogen (secondary N) is 1. The molecular weight excluding hydrogens is 536 g/mol. The van der Waals surface area contributed by atoms with Crippen molar-refractivity contribution in [2.45, 2.75) is 33.4 Å². The molecule has 1 saturated heterocycles. The molecule has 3 heterocycles. The maximum absolute atomic E-state index is 13.3. The molecule has 0 spiro atoms. The van der Waals surface area contributed by atoms with Crippen LogP contribution < -0.4 is 20.3 Å². The van der Waals surface area contributed by atoms with Gasteiger partial charge < -0.3 is 19.2 Å². The maximum atomic E-state index is 13.3. The van der Waals surface area contributed by atoms with Crippen LogP contribution in [0.3, 0.4) is 0 Å². The van der Waals surface area contributed by atoms with Crippen LogP contribution in [0.1, 0.15) is 34.9 Å². The van der Waals surface area contributed by atoms with Crippen LogP contribution in [0.5, 0.6) is 11.5 Å². The Morgan fingerprint density at radius 1 is 1.21 bits per heavy atom. The Morgan fingerprint density at radius 3 is 2.62 bits per heavy atom. The number of thiocarbonyl (C=S) groups is 1. The number of amides is 1. The van der Waals surface area contributed by atoms with Gasteiger partial charge in [0.1, 0.15) is 27.5 Å². The van der Waals surface area contributed by atoms with Crippen molar-refractivity contribution < 1.29 is 18.7 Å². The van der Waals surface area contributed by atoms with Crippen LogP contribution in [0.15, 0.2) is 50.7 Å². The van der Waals surface area contributed by atoms with Crippen molar-refractivity contribution in [1.82, 2.24) is 9.47 Å². The van der Waals surface area contributed by atoms with Gasteiger partial charge in [0.05, 0.1) is 31.9 Å². The van der Waals surface area contributed by atoms with Gasteiger partial charge in [-0.1, -0.05) is 30.0 Å². The quantitative estimate of drug-likeness (QED) is 0.276. The first-order valence-corrected chi connectivity index (χ1v) is 13.4. The van der Waals surface area contributed by atoms with Crippen LogP contribution in [0.25, 0.3) is 6.08 Å². The maximum Gasteiger partial charge on any atom is 0.270 e. The highest BCUT2D eigenvalue weighted by molar-refractivity contribution is 8.26. The molecule has 1 aliphatic rings. The minimum atomic E-state index is -0.381. The number of hydrogen-bond donors (Lipinski definition) is 1. The van der Waals surface area contributed by atoms with E-state index < -0.39 is 0 Å². The summed E-state index contributed by atoms with van der Waals surface area (Å²) in [5.74, 6) is 2.17. The van der Waals surface area contributed by atoms with E-state index in [-0.39, 0.29) is 23.6 Å². The fraction of sp³-hybridized carbons (Fsp3) is 0.286. The Hall–Kier alpha value is -4.01. The SMILES string of the molecule is CCn1c(NCCc2ccc(OC)c(OC)c2)c(/C=C2/SC(=S)N(Cc3ccco3)C2=O)c(C)c(C#N)c1=O. The number of furan rings is 1. The lowest BCUT2D eigenvalue weighted by Crippen LogP contribution is -2.28. The molecule has 0 bridgehead atoms. The number of methoxy groups -OCH3 is 2. The number of anilines is 1. The van der Waals surface area contributed by atoms with E-state index in [4.69, 9.17) is 26.1 Å². The van der Waals surface area contributed by atoms with E-state index in [1.807, 2.05) is 31.2 Å². The van der Waals surface area contributed by atoms with Gasteiger partial charge in [0.15, 0.2) is 11.5 Å². The normalized spacial score (nSPS) is 14.1. The van der Waals surface area contributed by atoms with E-state index in [9.17, 15) is 14.9 Å². The van der Waals surface area contributed by atoms with Gasteiger partial charge >= 0.3 is 0 Å². The summed E-state index contributed by atoms with van der Waals surface area (Å²) in [6, 6.07) is 11.3. The summed E-state index contributed by atoms with van der Waals surface area (Å²) in [5.41, 5.74) is 1.76. The molecule has 39 heavy (non-hydrogen) atoms. The lowest BCUT2D eigenvalue weighted by atomic mass is 10.0. The number of nitriles is 1. The highest BCUT2D eigenvalue weighted by Gasteiger charge is 2.33. The van der Waals surface area contributed by atoms with Crippen molar-refractivity contribution in [2.24, 2.45) is 0 Å². The number of rotatable bonds is 10. The van der Waals surface area contributed by atoms with Crippen molar-refractivity contribution >= 4 is 46.1 Å². The van der Waals surface area contributed by atoms with Crippen LogP contribution in [-0.4, -0.2) is 40.5 Å². The van der Waals surface area contributed by atoms with Crippen LogP contribution in [0.4, 0.5) is 5.82 Å². The van der Waals surface area contributed by atoms with Gasteiger partial charge in [-0.25, -0.2) is 0 Å². The Bertz CT molecular complexity index is 1540. The molecular formula is C28H28N4O5S2. The van der Waals surface area contributed by atoms with Crippen LogP contribution in [-0.2, 0) is 24.3 Å². The lowest BCUT2D eigenvalue weighted by Gasteiger charge is -2.19. The summed E-state index contributed by atoms with van der Waals surface area (Å²) in [7, 11) is 3.17. The van der Waals surface area contributed by atoms with Gasteiger partial charge in [-0.2, -0.15) is 5.26 Å². The molecule has 0 aliphatic carbocycles. The number of benzene rings is 1. The standard InChI is InChI=1S/C28H28N4O5S2/c1-5-31-25(30-11-10-18-8-9-22(35-3)23(13-18)36-4)20(17(2)21(15-29)26(31)33)14-24-27(34)32(28(38)39-24)16-19-7-6-12-37-19/h6-9,12-14,30H,5,10-11,16H2,1-4H3/b24-14+. The summed E-state index contributed by atoms with van der Waals surface area (Å²) >= 11 is 6.65. The zero-order valence-corrected chi connectivity index (χ0v) is 23.7.